The third-order valence-corrected chi connectivity index (χ3v) is 5.00. The summed E-state index contributed by atoms with van der Waals surface area (Å²) in [7, 11) is 0. The molecule has 3 heterocycles. The molecule has 2 N–H and O–H groups in total. The summed E-state index contributed by atoms with van der Waals surface area (Å²) >= 11 is 0. The lowest BCUT2D eigenvalue weighted by Gasteiger charge is -2.17. The van der Waals surface area contributed by atoms with E-state index in [0.29, 0.717) is 25.0 Å². The van der Waals surface area contributed by atoms with Gasteiger partial charge in [0.1, 0.15) is 5.75 Å². The van der Waals surface area contributed by atoms with Crippen LogP contribution in [0, 0.1) is 5.92 Å². The fourth-order valence-corrected chi connectivity index (χ4v) is 3.47. The van der Waals surface area contributed by atoms with Crippen LogP contribution < -0.4 is 20.3 Å². The maximum Gasteiger partial charge on any atom is 0.213 e. The SMILES string of the molecule is CCOc1ccc(-c2cc(OCC3CCNNCC3)c3cccnc3c2)cn1. The molecule has 1 saturated heterocycles. The average Bonchev–Trinajstić information content (AvgIpc) is 3.01. The molecule has 0 atom stereocenters. The summed E-state index contributed by atoms with van der Waals surface area (Å²) in [6.07, 6.45) is 5.86. The van der Waals surface area contributed by atoms with Crippen LogP contribution in [-0.2, 0) is 0 Å². The topological polar surface area (TPSA) is 68.3 Å². The Kier molecular flexibility index (Phi) is 5.99. The number of pyridine rings is 2. The van der Waals surface area contributed by atoms with E-state index >= 15 is 0 Å². The van der Waals surface area contributed by atoms with Crippen LogP contribution in [0.1, 0.15) is 19.8 Å². The second-order valence-electron chi connectivity index (χ2n) is 6.97. The summed E-state index contributed by atoms with van der Waals surface area (Å²) in [5, 5.41) is 1.04. The van der Waals surface area contributed by atoms with Gasteiger partial charge in [0.15, 0.2) is 0 Å². The Morgan fingerprint density at radius 3 is 2.61 bits per heavy atom. The number of hydrazine groups is 1. The second kappa shape index (κ2) is 8.99. The van der Waals surface area contributed by atoms with Gasteiger partial charge in [-0.3, -0.25) is 15.8 Å². The number of hydrogen-bond donors (Lipinski definition) is 2. The molecule has 1 aromatic carbocycles. The van der Waals surface area contributed by atoms with E-state index in [2.05, 4.69) is 39.0 Å². The summed E-state index contributed by atoms with van der Waals surface area (Å²) in [6.45, 7) is 5.20. The number of rotatable bonds is 6. The Morgan fingerprint density at radius 2 is 1.86 bits per heavy atom. The summed E-state index contributed by atoms with van der Waals surface area (Å²) in [5.41, 5.74) is 9.42. The molecule has 4 rings (SSSR count). The molecule has 3 aromatic rings. The number of fused-ring (bicyclic) bond motifs is 1. The van der Waals surface area contributed by atoms with Gasteiger partial charge in [-0.2, -0.15) is 0 Å². The van der Waals surface area contributed by atoms with Crippen molar-refractivity contribution in [2.75, 3.05) is 26.3 Å². The zero-order valence-corrected chi connectivity index (χ0v) is 16.1. The molecule has 0 aliphatic carbocycles. The number of nitrogens with one attached hydrogen (secondary N) is 2. The van der Waals surface area contributed by atoms with Crippen LogP contribution in [0.5, 0.6) is 11.6 Å². The monoisotopic (exact) mass is 378 g/mol. The molecule has 6 heteroatoms. The van der Waals surface area contributed by atoms with E-state index in [9.17, 15) is 0 Å². The molecule has 0 radical (unpaired) electrons. The van der Waals surface area contributed by atoms with Crippen LogP contribution in [0.2, 0.25) is 0 Å². The lowest BCUT2D eigenvalue weighted by molar-refractivity contribution is 0.241. The van der Waals surface area contributed by atoms with Gasteiger partial charge >= 0.3 is 0 Å². The van der Waals surface area contributed by atoms with E-state index in [1.807, 2.05) is 37.5 Å². The average molecular weight is 378 g/mol. The first-order valence-corrected chi connectivity index (χ1v) is 9.90. The Bertz CT molecular complexity index is 906. The highest BCUT2D eigenvalue weighted by Gasteiger charge is 2.14. The Labute approximate surface area is 165 Å². The van der Waals surface area contributed by atoms with E-state index < -0.39 is 0 Å². The van der Waals surface area contributed by atoms with Crippen LogP contribution >= 0.6 is 0 Å². The Hall–Kier alpha value is -2.70. The molecule has 1 fully saturated rings. The van der Waals surface area contributed by atoms with Gasteiger partial charge in [0.2, 0.25) is 5.88 Å². The predicted molar refractivity (Wildman–Crippen MR) is 110 cm³/mol. The standard InChI is InChI=1S/C22H26N4O2/c1-2-27-22-6-5-17(14-24-22)18-12-20-19(4-3-9-23-20)21(13-18)28-15-16-7-10-25-26-11-8-16/h3-6,9,12-14,16,25-26H,2,7-8,10-11,15H2,1H3. The fourth-order valence-electron chi connectivity index (χ4n) is 3.47. The van der Waals surface area contributed by atoms with Crippen LogP contribution in [0.4, 0.5) is 0 Å². The van der Waals surface area contributed by atoms with Crippen molar-refractivity contribution in [3.63, 3.8) is 0 Å². The highest BCUT2D eigenvalue weighted by molar-refractivity contribution is 5.89. The van der Waals surface area contributed by atoms with Gasteiger partial charge in [-0.25, -0.2) is 4.98 Å². The van der Waals surface area contributed by atoms with E-state index in [-0.39, 0.29) is 0 Å². The van der Waals surface area contributed by atoms with Crippen molar-refractivity contribution in [2.45, 2.75) is 19.8 Å². The summed E-state index contributed by atoms with van der Waals surface area (Å²) in [5.74, 6) is 2.04. The molecule has 0 spiro atoms. The number of nitrogens with zero attached hydrogens (tertiary/aromatic N) is 2. The van der Waals surface area contributed by atoms with Crippen molar-refractivity contribution >= 4 is 10.9 Å². The van der Waals surface area contributed by atoms with Gasteiger partial charge in [-0.15, -0.1) is 0 Å². The van der Waals surface area contributed by atoms with E-state index in [4.69, 9.17) is 9.47 Å². The minimum Gasteiger partial charge on any atom is -0.493 e. The Balaban J connectivity index is 1.61. The number of ether oxygens (including phenoxy) is 2. The van der Waals surface area contributed by atoms with E-state index in [0.717, 1.165) is 53.7 Å². The maximum absolute atomic E-state index is 6.30. The van der Waals surface area contributed by atoms with Gasteiger partial charge in [-0.05, 0) is 61.6 Å². The minimum absolute atomic E-state index is 0.532. The van der Waals surface area contributed by atoms with Crippen molar-refractivity contribution in [3.05, 3.63) is 48.8 Å². The van der Waals surface area contributed by atoms with Crippen molar-refractivity contribution in [1.29, 1.82) is 0 Å². The first-order valence-electron chi connectivity index (χ1n) is 9.90. The fraction of sp³-hybridized carbons (Fsp3) is 0.364. The first kappa shape index (κ1) is 18.7. The molecule has 0 saturated carbocycles. The molecular formula is C22H26N4O2. The van der Waals surface area contributed by atoms with Crippen LogP contribution in [0.15, 0.2) is 48.8 Å². The molecule has 0 bridgehead atoms. The third kappa shape index (κ3) is 4.40. The van der Waals surface area contributed by atoms with Gasteiger partial charge in [0.25, 0.3) is 0 Å². The van der Waals surface area contributed by atoms with E-state index in [1.54, 1.807) is 0 Å². The van der Waals surface area contributed by atoms with Crippen molar-refractivity contribution in [3.8, 4) is 22.8 Å². The van der Waals surface area contributed by atoms with Crippen molar-refractivity contribution in [1.82, 2.24) is 20.8 Å². The van der Waals surface area contributed by atoms with Gasteiger partial charge in [0, 0.05) is 42.5 Å². The number of hydrogen-bond acceptors (Lipinski definition) is 6. The molecule has 6 nitrogen and oxygen atoms in total. The Morgan fingerprint density at radius 1 is 1.00 bits per heavy atom. The van der Waals surface area contributed by atoms with Crippen molar-refractivity contribution < 1.29 is 9.47 Å². The third-order valence-electron chi connectivity index (χ3n) is 5.00. The predicted octanol–water partition coefficient (Wildman–Crippen LogP) is 3.58. The summed E-state index contributed by atoms with van der Waals surface area (Å²) in [4.78, 5) is 8.93. The van der Waals surface area contributed by atoms with Crippen LogP contribution in [0.25, 0.3) is 22.0 Å². The number of aromatic nitrogens is 2. The van der Waals surface area contributed by atoms with Crippen molar-refractivity contribution in [2.24, 2.45) is 5.92 Å². The maximum atomic E-state index is 6.30. The highest BCUT2D eigenvalue weighted by Crippen LogP contribution is 2.32. The van der Waals surface area contributed by atoms with E-state index in [1.165, 1.54) is 0 Å². The molecular weight excluding hydrogens is 352 g/mol. The van der Waals surface area contributed by atoms with Gasteiger partial charge < -0.3 is 9.47 Å². The first-order chi connectivity index (χ1) is 13.8. The van der Waals surface area contributed by atoms with Gasteiger partial charge in [0.05, 0.1) is 18.7 Å². The summed E-state index contributed by atoms with van der Waals surface area (Å²) in [6, 6.07) is 12.1. The molecule has 0 amide bonds. The van der Waals surface area contributed by atoms with Gasteiger partial charge in [-0.1, -0.05) is 0 Å². The number of benzene rings is 1. The van der Waals surface area contributed by atoms with Crippen LogP contribution in [-0.4, -0.2) is 36.3 Å². The molecule has 2 aromatic heterocycles. The normalized spacial score (nSPS) is 15.3. The molecule has 1 aliphatic rings. The molecule has 146 valence electrons. The van der Waals surface area contributed by atoms with Crippen LogP contribution in [0.3, 0.4) is 0 Å². The second-order valence-corrected chi connectivity index (χ2v) is 6.97. The lowest BCUT2D eigenvalue weighted by atomic mass is 10.0. The quantitative estimate of drug-likeness (QED) is 0.683. The molecule has 28 heavy (non-hydrogen) atoms. The smallest absolute Gasteiger partial charge is 0.213 e. The summed E-state index contributed by atoms with van der Waals surface area (Å²) < 4.78 is 11.7. The highest BCUT2D eigenvalue weighted by atomic mass is 16.5. The zero-order chi connectivity index (χ0) is 19.2. The molecule has 1 aliphatic heterocycles. The molecule has 0 unspecified atom stereocenters. The minimum atomic E-state index is 0.532. The largest absolute Gasteiger partial charge is 0.493 e. The zero-order valence-electron chi connectivity index (χ0n) is 16.1. The lowest BCUT2D eigenvalue weighted by Crippen LogP contribution is -2.30.